The summed E-state index contributed by atoms with van der Waals surface area (Å²) in [5.74, 6) is 0. The van der Waals surface area contributed by atoms with Crippen molar-refractivity contribution in [2.75, 3.05) is 0 Å². The molecule has 1 aliphatic rings. The van der Waals surface area contributed by atoms with Crippen molar-refractivity contribution < 1.29 is 0 Å². The van der Waals surface area contributed by atoms with Crippen molar-refractivity contribution in [2.24, 2.45) is 0 Å². The summed E-state index contributed by atoms with van der Waals surface area (Å²) in [7, 11) is 0. The van der Waals surface area contributed by atoms with Crippen LogP contribution >= 0.6 is 12.2 Å². The lowest BCUT2D eigenvalue weighted by Crippen LogP contribution is -2.44. The van der Waals surface area contributed by atoms with Gasteiger partial charge in [-0.1, -0.05) is 26.2 Å². The first-order chi connectivity index (χ1) is 6.72. The van der Waals surface area contributed by atoms with Crippen LogP contribution in [0.2, 0.25) is 0 Å². The van der Waals surface area contributed by atoms with Crippen molar-refractivity contribution in [3.05, 3.63) is 0 Å². The first-order valence-electron chi connectivity index (χ1n) is 5.79. The molecule has 0 radical (unpaired) electrons. The SMILES string of the molecule is CCCC(C)NC(=S)NC1CCCC1. The van der Waals surface area contributed by atoms with Crippen molar-refractivity contribution in [1.29, 1.82) is 0 Å². The Morgan fingerprint density at radius 1 is 1.43 bits per heavy atom. The lowest BCUT2D eigenvalue weighted by Gasteiger charge is -2.19. The Hall–Kier alpha value is -0.310. The highest BCUT2D eigenvalue weighted by Crippen LogP contribution is 2.17. The van der Waals surface area contributed by atoms with Crippen LogP contribution < -0.4 is 10.6 Å². The first-order valence-corrected chi connectivity index (χ1v) is 6.20. The lowest BCUT2D eigenvalue weighted by molar-refractivity contribution is 0.567. The van der Waals surface area contributed by atoms with Gasteiger partial charge in [0.2, 0.25) is 0 Å². The van der Waals surface area contributed by atoms with E-state index in [9.17, 15) is 0 Å². The molecular weight excluding hydrogens is 192 g/mol. The van der Waals surface area contributed by atoms with E-state index in [2.05, 4.69) is 24.5 Å². The largest absolute Gasteiger partial charge is 0.360 e. The van der Waals surface area contributed by atoms with Crippen LogP contribution in [0.3, 0.4) is 0 Å². The number of hydrogen-bond acceptors (Lipinski definition) is 1. The van der Waals surface area contributed by atoms with E-state index in [1.54, 1.807) is 0 Å². The average molecular weight is 214 g/mol. The van der Waals surface area contributed by atoms with E-state index >= 15 is 0 Å². The van der Waals surface area contributed by atoms with E-state index in [0.29, 0.717) is 12.1 Å². The fourth-order valence-electron chi connectivity index (χ4n) is 2.03. The Balaban J connectivity index is 2.14. The molecule has 14 heavy (non-hydrogen) atoms. The van der Waals surface area contributed by atoms with Crippen molar-refractivity contribution in [3.63, 3.8) is 0 Å². The monoisotopic (exact) mass is 214 g/mol. The molecule has 1 atom stereocenters. The van der Waals surface area contributed by atoms with E-state index < -0.39 is 0 Å². The van der Waals surface area contributed by atoms with Crippen LogP contribution in [0, 0.1) is 0 Å². The predicted molar refractivity (Wildman–Crippen MR) is 65.5 cm³/mol. The lowest BCUT2D eigenvalue weighted by atomic mass is 10.2. The van der Waals surface area contributed by atoms with Crippen LogP contribution in [0.5, 0.6) is 0 Å². The molecule has 1 unspecified atom stereocenters. The molecule has 0 aromatic carbocycles. The smallest absolute Gasteiger partial charge is 0.166 e. The third kappa shape index (κ3) is 4.27. The molecule has 1 aliphatic carbocycles. The van der Waals surface area contributed by atoms with Gasteiger partial charge in [0.1, 0.15) is 0 Å². The van der Waals surface area contributed by atoms with Gasteiger partial charge in [-0.25, -0.2) is 0 Å². The zero-order chi connectivity index (χ0) is 10.4. The minimum Gasteiger partial charge on any atom is -0.360 e. The van der Waals surface area contributed by atoms with Crippen molar-refractivity contribution in [3.8, 4) is 0 Å². The van der Waals surface area contributed by atoms with Crippen LogP contribution in [0.25, 0.3) is 0 Å². The summed E-state index contributed by atoms with van der Waals surface area (Å²) in [5, 5.41) is 7.56. The number of thiocarbonyl (C=S) groups is 1. The molecule has 2 nitrogen and oxygen atoms in total. The van der Waals surface area contributed by atoms with Gasteiger partial charge >= 0.3 is 0 Å². The number of nitrogens with one attached hydrogen (secondary N) is 2. The highest BCUT2D eigenvalue weighted by molar-refractivity contribution is 7.80. The predicted octanol–water partition coefficient (Wildman–Crippen LogP) is 2.58. The molecular formula is C11H22N2S. The summed E-state index contributed by atoms with van der Waals surface area (Å²) >= 11 is 5.26. The van der Waals surface area contributed by atoms with E-state index in [-0.39, 0.29) is 0 Å². The van der Waals surface area contributed by atoms with Gasteiger partial charge in [-0.05, 0) is 38.4 Å². The molecule has 1 rings (SSSR count). The second kappa shape index (κ2) is 6.23. The molecule has 1 fully saturated rings. The Bertz CT molecular complexity index is 176. The summed E-state index contributed by atoms with van der Waals surface area (Å²) in [5.41, 5.74) is 0. The maximum atomic E-state index is 5.26. The van der Waals surface area contributed by atoms with Crippen LogP contribution in [0.15, 0.2) is 0 Å². The summed E-state index contributed by atoms with van der Waals surface area (Å²) in [6.07, 6.45) is 7.66. The topological polar surface area (TPSA) is 24.1 Å². The summed E-state index contributed by atoms with van der Waals surface area (Å²) in [4.78, 5) is 0. The van der Waals surface area contributed by atoms with Gasteiger partial charge in [0.05, 0.1) is 0 Å². The van der Waals surface area contributed by atoms with E-state index in [1.165, 1.54) is 38.5 Å². The summed E-state index contributed by atoms with van der Waals surface area (Å²) < 4.78 is 0. The van der Waals surface area contributed by atoms with Crippen LogP contribution in [-0.4, -0.2) is 17.2 Å². The molecule has 0 spiro atoms. The van der Waals surface area contributed by atoms with E-state index in [4.69, 9.17) is 12.2 Å². The third-order valence-electron chi connectivity index (χ3n) is 2.79. The molecule has 0 aliphatic heterocycles. The molecule has 0 heterocycles. The average Bonchev–Trinajstić information content (AvgIpc) is 2.56. The van der Waals surface area contributed by atoms with E-state index in [0.717, 1.165) is 5.11 Å². The van der Waals surface area contributed by atoms with Crippen LogP contribution in [-0.2, 0) is 0 Å². The molecule has 1 saturated carbocycles. The minimum absolute atomic E-state index is 0.501. The minimum atomic E-state index is 0.501. The van der Waals surface area contributed by atoms with Gasteiger partial charge in [0, 0.05) is 12.1 Å². The van der Waals surface area contributed by atoms with Gasteiger partial charge < -0.3 is 10.6 Å². The molecule has 0 amide bonds. The second-order valence-electron chi connectivity index (χ2n) is 4.29. The van der Waals surface area contributed by atoms with Gasteiger partial charge in [-0.2, -0.15) is 0 Å². The molecule has 0 aromatic rings. The van der Waals surface area contributed by atoms with Gasteiger partial charge in [0.15, 0.2) is 5.11 Å². The molecule has 2 N–H and O–H groups in total. The number of hydrogen-bond donors (Lipinski definition) is 2. The Labute approximate surface area is 92.8 Å². The fourth-order valence-corrected chi connectivity index (χ4v) is 2.39. The zero-order valence-electron chi connectivity index (χ0n) is 9.31. The van der Waals surface area contributed by atoms with Crippen molar-refractivity contribution in [2.45, 2.75) is 64.5 Å². The summed E-state index contributed by atoms with van der Waals surface area (Å²) in [6.45, 7) is 4.39. The maximum Gasteiger partial charge on any atom is 0.166 e. The zero-order valence-corrected chi connectivity index (χ0v) is 10.1. The third-order valence-corrected chi connectivity index (χ3v) is 3.03. The normalized spacial score (nSPS) is 19.3. The van der Waals surface area contributed by atoms with Crippen LogP contribution in [0.1, 0.15) is 52.4 Å². The van der Waals surface area contributed by atoms with Crippen molar-refractivity contribution in [1.82, 2.24) is 10.6 Å². The van der Waals surface area contributed by atoms with Gasteiger partial charge in [-0.3, -0.25) is 0 Å². The van der Waals surface area contributed by atoms with Crippen molar-refractivity contribution >= 4 is 17.3 Å². The van der Waals surface area contributed by atoms with E-state index in [1.807, 2.05) is 0 Å². The van der Waals surface area contributed by atoms with Crippen LogP contribution in [0.4, 0.5) is 0 Å². The fraction of sp³-hybridized carbons (Fsp3) is 0.909. The second-order valence-corrected chi connectivity index (χ2v) is 4.70. The highest BCUT2D eigenvalue weighted by Gasteiger charge is 2.15. The molecule has 82 valence electrons. The quantitative estimate of drug-likeness (QED) is 0.703. The van der Waals surface area contributed by atoms with Gasteiger partial charge in [-0.15, -0.1) is 0 Å². The molecule has 0 bridgehead atoms. The Morgan fingerprint density at radius 2 is 2.07 bits per heavy atom. The van der Waals surface area contributed by atoms with Gasteiger partial charge in [0.25, 0.3) is 0 Å². The molecule has 3 heteroatoms. The molecule has 0 aromatic heterocycles. The number of rotatable bonds is 4. The highest BCUT2D eigenvalue weighted by atomic mass is 32.1. The molecule has 0 saturated heterocycles. The maximum absolute atomic E-state index is 5.26. The first kappa shape index (κ1) is 11.8. The summed E-state index contributed by atoms with van der Waals surface area (Å²) in [6, 6.07) is 1.13. The standard InChI is InChI=1S/C11H22N2S/c1-3-6-9(2)12-11(14)13-10-7-4-5-8-10/h9-10H,3-8H2,1-2H3,(H2,12,13,14). The Kier molecular flexibility index (Phi) is 5.23. The Morgan fingerprint density at radius 3 is 2.64 bits per heavy atom.